The van der Waals surface area contributed by atoms with Gasteiger partial charge in [0.25, 0.3) is 0 Å². The molecule has 4 heteroatoms. The van der Waals surface area contributed by atoms with Gasteiger partial charge >= 0.3 is 5.97 Å². The summed E-state index contributed by atoms with van der Waals surface area (Å²) in [6, 6.07) is 26.0. The van der Waals surface area contributed by atoms with E-state index in [0.717, 1.165) is 46.5 Å². The van der Waals surface area contributed by atoms with Gasteiger partial charge in [0.1, 0.15) is 11.5 Å². The van der Waals surface area contributed by atoms with Crippen molar-refractivity contribution in [2.75, 3.05) is 5.32 Å². The predicted molar refractivity (Wildman–Crippen MR) is 138 cm³/mol. The number of ether oxygens (including phenoxy) is 2. The van der Waals surface area contributed by atoms with Crippen molar-refractivity contribution in [2.24, 2.45) is 0 Å². The standard InChI is InChI=1S/C31H27NO3/c1-4-20-11-10-15-26(21(20)5-2)32-27-18-25-29(17-19(27)3)34-28-16-9-8-14-24(28)31(25)23-13-7-6-12-22(23)30(33)35-31/h6-18,32H,4-5H2,1-3H3. The Hall–Kier alpha value is -4.05. The van der Waals surface area contributed by atoms with E-state index < -0.39 is 5.60 Å². The fraction of sp³-hybridized carbons (Fsp3) is 0.194. The van der Waals surface area contributed by atoms with E-state index in [0.29, 0.717) is 17.1 Å². The number of rotatable bonds is 4. The van der Waals surface area contributed by atoms with Crippen LogP contribution >= 0.6 is 0 Å². The zero-order valence-corrected chi connectivity index (χ0v) is 20.1. The van der Waals surface area contributed by atoms with Crippen LogP contribution in [0, 0.1) is 6.92 Å². The van der Waals surface area contributed by atoms with Crippen molar-refractivity contribution < 1.29 is 14.3 Å². The third-order valence-electron chi connectivity index (χ3n) is 7.24. The van der Waals surface area contributed by atoms with E-state index in [2.05, 4.69) is 50.4 Å². The highest BCUT2D eigenvalue weighted by molar-refractivity contribution is 5.97. The molecule has 0 fully saturated rings. The van der Waals surface area contributed by atoms with E-state index in [1.54, 1.807) is 0 Å². The summed E-state index contributed by atoms with van der Waals surface area (Å²) in [5, 5.41) is 3.69. The van der Waals surface area contributed by atoms with Gasteiger partial charge in [0.2, 0.25) is 0 Å². The summed E-state index contributed by atoms with van der Waals surface area (Å²) in [5.41, 5.74) is 7.84. The van der Waals surface area contributed by atoms with Crippen LogP contribution in [0.25, 0.3) is 0 Å². The number of anilines is 2. The van der Waals surface area contributed by atoms with Gasteiger partial charge in [0.15, 0.2) is 5.60 Å². The number of fused-ring (bicyclic) bond motifs is 6. The van der Waals surface area contributed by atoms with E-state index in [1.165, 1.54) is 11.1 Å². The summed E-state index contributed by atoms with van der Waals surface area (Å²) >= 11 is 0. The Kier molecular flexibility index (Phi) is 4.92. The Morgan fingerprint density at radius 3 is 2.34 bits per heavy atom. The Balaban J connectivity index is 1.57. The molecule has 1 unspecified atom stereocenters. The molecule has 174 valence electrons. The van der Waals surface area contributed by atoms with Crippen molar-refractivity contribution >= 4 is 17.3 Å². The number of esters is 1. The third-order valence-corrected chi connectivity index (χ3v) is 7.24. The second-order valence-corrected chi connectivity index (χ2v) is 9.15. The molecule has 2 heterocycles. The number of hydrogen-bond donors (Lipinski definition) is 1. The molecule has 0 aromatic heterocycles. The number of hydrogen-bond acceptors (Lipinski definition) is 4. The molecule has 35 heavy (non-hydrogen) atoms. The number of benzene rings is 4. The van der Waals surface area contributed by atoms with Crippen molar-refractivity contribution in [3.05, 3.63) is 118 Å². The van der Waals surface area contributed by atoms with Crippen LogP contribution in [0.2, 0.25) is 0 Å². The van der Waals surface area contributed by atoms with Crippen LogP contribution in [0.1, 0.15) is 57.6 Å². The first-order chi connectivity index (χ1) is 17.1. The second-order valence-electron chi connectivity index (χ2n) is 9.15. The summed E-state index contributed by atoms with van der Waals surface area (Å²) in [6.45, 7) is 6.45. The summed E-state index contributed by atoms with van der Waals surface area (Å²) in [5.74, 6) is 1.09. The van der Waals surface area contributed by atoms with E-state index in [9.17, 15) is 4.79 Å². The lowest BCUT2D eigenvalue weighted by Gasteiger charge is -2.37. The first kappa shape index (κ1) is 21.5. The summed E-state index contributed by atoms with van der Waals surface area (Å²) in [4.78, 5) is 13.1. The topological polar surface area (TPSA) is 47.6 Å². The van der Waals surface area contributed by atoms with Crippen molar-refractivity contribution in [2.45, 2.75) is 39.2 Å². The van der Waals surface area contributed by atoms with Crippen LogP contribution < -0.4 is 10.1 Å². The number of carbonyl (C=O) groups excluding carboxylic acids is 1. The van der Waals surface area contributed by atoms with Gasteiger partial charge < -0.3 is 14.8 Å². The maximum absolute atomic E-state index is 13.1. The van der Waals surface area contributed by atoms with Crippen LogP contribution in [-0.4, -0.2) is 5.97 Å². The van der Waals surface area contributed by atoms with Crippen LogP contribution in [0.3, 0.4) is 0 Å². The molecule has 0 radical (unpaired) electrons. The Morgan fingerprint density at radius 2 is 1.54 bits per heavy atom. The van der Waals surface area contributed by atoms with Gasteiger partial charge in [-0.15, -0.1) is 0 Å². The van der Waals surface area contributed by atoms with Crippen molar-refractivity contribution in [3.8, 4) is 11.5 Å². The Morgan fingerprint density at radius 1 is 0.771 bits per heavy atom. The largest absolute Gasteiger partial charge is 0.456 e. The molecule has 0 aliphatic carbocycles. The predicted octanol–water partition coefficient (Wildman–Crippen LogP) is 7.43. The molecule has 0 bridgehead atoms. The molecule has 4 aromatic rings. The van der Waals surface area contributed by atoms with E-state index in [-0.39, 0.29) is 5.97 Å². The lowest BCUT2D eigenvalue weighted by Crippen LogP contribution is -2.33. The summed E-state index contributed by atoms with van der Waals surface area (Å²) < 4.78 is 12.7. The third kappa shape index (κ3) is 3.09. The molecule has 1 spiro atoms. The first-order valence-corrected chi connectivity index (χ1v) is 12.2. The second kappa shape index (κ2) is 8.02. The number of para-hydroxylation sites is 1. The SMILES string of the molecule is CCc1cccc(Nc2cc3c(cc2C)Oc2ccccc2C32OC(=O)c3ccccc32)c1CC. The quantitative estimate of drug-likeness (QED) is 0.321. The molecular weight excluding hydrogens is 434 g/mol. The van der Waals surface area contributed by atoms with Crippen molar-refractivity contribution in [1.29, 1.82) is 0 Å². The van der Waals surface area contributed by atoms with Gasteiger partial charge in [-0.2, -0.15) is 0 Å². The van der Waals surface area contributed by atoms with Gasteiger partial charge in [0, 0.05) is 28.1 Å². The molecule has 2 aliphatic rings. The molecule has 0 saturated carbocycles. The highest BCUT2D eigenvalue weighted by atomic mass is 16.6. The molecule has 1 N–H and O–H groups in total. The lowest BCUT2D eigenvalue weighted by molar-refractivity contribution is 0.0224. The number of nitrogens with one attached hydrogen (secondary N) is 1. The highest BCUT2D eigenvalue weighted by Gasteiger charge is 2.53. The molecule has 0 saturated heterocycles. The van der Waals surface area contributed by atoms with Gasteiger partial charge in [-0.3, -0.25) is 0 Å². The van der Waals surface area contributed by atoms with Gasteiger partial charge in [-0.1, -0.05) is 62.4 Å². The Bertz CT molecular complexity index is 1490. The molecule has 4 nitrogen and oxygen atoms in total. The zero-order chi connectivity index (χ0) is 24.2. The minimum atomic E-state index is -1.05. The van der Waals surface area contributed by atoms with Crippen molar-refractivity contribution in [3.63, 3.8) is 0 Å². The fourth-order valence-electron chi connectivity index (χ4n) is 5.55. The Labute approximate surface area is 205 Å². The fourth-order valence-corrected chi connectivity index (χ4v) is 5.55. The van der Waals surface area contributed by atoms with E-state index >= 15 is 0 Å². The summed E-state index contributed by atoms with van der Waals surface area (Å²) in [7, 11) is 0. The normalized spacial score (nSPS) is 17.3. The first-order valence-electron chi connectivity index (χ1n) is 12.2. The minimum absolute atomic E-state index is 0.317. The van der Waals surface area contributed by atoms with Crippen molar-refractivity contribution in [1.82, 2.24) is 0 Å². The molecule has 1 atom stereocenters. The van der Waals surface area contributed by atoms with Gasteiger partial charge in [-0.05, 0) is 66.8 Å². The zero-order valence-electron chi connectivity index (χ0n) is 20.1. The van der Waals surface area contributed by atoms with Gasteiger partial charge in [-0.25, -0.2) is 4.79 Å². The van der Waals surface area contributed by atoms with E-state index in [4.69, 9.17) is 9.47 Å². The maximum atomic E-state index is 13.1. The average molecular weight is 462 g/mol. The average Bonchev–Trinajstić information content (AvgIpc) is 3.18. The summed E-state index contributed by atoms with van der Waals surface area (Å²) in [6.07, 6.45) is 1.93. The van der Waals surface area contributed by atoms with E-state index in [1.807, 2.05) is 54.6 Å². The number of aryl methyl sites for hydroxylation is 2. The van der Waals surface area contributed by atoms with Crippen LogP contribution in [-0.2, 0) is 23.2 Å². The van der Waals surface area contributed by atoms with Crippen LogP contribution in [0.4, 0.5) is 11.4 Å². The van der Waals surface area contributed by atoms with Crippen LogP contribution in [0.15, 0.2) is 78.9 Å². The molecular formula is C31H27NO3. The molecule has 4 aromatic carbocycles. The maximum Gasteiger partial charge on any atom is 0.340 e. The van der Waals surface area contributed by atoms with Crippen LogP contribution in [0.5, 0.6) is 11.5 Å². The molecule has 0 amide bonds. The monoisotopic (exact) mass is 461 g/mol. The number of carbonyl (C=O) groups is 1. The lowest BCUT2D eigenvalue weighted by atomic mass is 9.77. The van der Waals surface area contributed by atoms with Gasteiger partial charge in [0.05, 0.1) is 5.56 Å². The molecule has 2 aliphatic heterocycles. The smallest absolute Gasteiger partial charge is 0.340 e. The molecule has 6 rings (SSSR count). The highest BCUT2D eigenvalue weighted by Crippen LogP contribution is 2.56. The minimum Gasteiger partial charge on any atom is -0.456 e.